The molecule has 2 rings (SSSR count). The number of ether oxygens (including phenoxy) is 1. The molecule has 0 bridgehead atoms. The van der Waals surface area contributed by atoms with Crippen molar-refractivity contribution in [3.63, 3.8) is 0 Å². The molecule has 4 heteroatoms. The third-order valence-electron chi connectivity index (χ3n) is 3.70. The lowest BCUT2D eigenvalue weighted by Gasteiger charge is -2.32. The van der Waals surface area contributed by atoms with Crippen LogP contribution in [-0.4, -0.2) is 18.3 Å². The molecule has 1 aliphatic rings. The van der Waals surface area contributed by atoms with E-state index >= 15 is 0 Å². The molecule has 0 atom stereocenters. The Morgan fingerprint density at radius 3 is 2.21 bits per heavy atom. The van der Waals surface area contributed by atoms with Crippen LogP contribution in [0.4, 0.5) is 0 Å². The van der Waals surface area contributed by atoms with E-state index in [9.17, 15) is 0 Å². The molecule has 0 unspecified atom stereocenters. The minimum absolute atomic E-state index is 0.304. The van der Waals surface area contributed by atoms with Crippen molar-refractivity contribution < 1.29 is 14.0 Å². The molecule has 0 amide bonds. The first-order valence-electron chi connectivity index (χ1n) is 6.58. The first-order valence-corrected chi connectivity index (χ1v) is 6.58. The Kier molecular flexibility index (Phi) is 4.02. The fraction of sp³-hybridized carbons (Fsp3) is 0.467. The summed E-state index contributed by atoms with van der Waals surface area (Å²) in [7, 11) is -0.347. The summed E-state index contributed by atoms with van der Waals surface area (Å²) < 4.78 is 17.1. The zero-order chi connectivity index (χ0) is 13.9. The van der Waals surface area contributed by atoms with E-state index in [-0.39, 0.29) is 18.3 Å². The molecule has 0 radical (unpaired) electrons. The molecule has 0 spiro atoms. The average molecular weight is 260 g/mol. The molecule has 102 valence electrons. The molecular formula is C15H21BO3. The van der Waals surface area contributed by atoms with Gasteiger partial charge in [0, 0.05) is 0 Å². The van der Waals surface area contributed by atoms with E-state index < -0.39 is 0 Å². The molecule has 1 aliphatic heterocycles. The van der Waals surface area contributed by atoms with Crippen LogP contribution in [0.25, 0.3) is 0 Å². The van der Waals surface area contributed by atoms with E-state index in [1.54, 1.807) is 12.2 Å². The van der Waals surface area contributed by atoms with Gasteiger partial charge in [-0.2, -0.15) is 0 Å². The highest BCUT2D eigenvalue weighted by Crippen LogP contribution is 2.36. The normalized spacial score (nSPS) is 20.9. The van der Waals surface area contributed by atoms with Crippen molar-refractivity contribution in [2.24, 2.45) is 0 Å². The van der Waals surface area contributed by atoms with Crippen LogP contribution in [0.2, 0.25) is 0 Å². The van der Waals surface area contributed by atoms with E-state index in [4.69, 9.17) is 14.0 Å². The van der Waals surface area contributed by atoms with Gasteiger partial charge in [-0.1, -0.05) is 30.3 Å². The molecule has 0 aliphatic carbocycles. The Morgan fingerprint density at radius 2 is 1.63 bits per heavy atom. The van der Waals surface area contributed by atoms with Crippen molar-refractivity contribution >= 4 is 7.12 Å². The second-order valence-electron chi connectivity index (χ2n) is 5.75. The van der Waals surface area contributed by atoms with E-state index in [1.165, 1.54) is 0 Å². The third kappa shape index (κ3) is 3.40. The Hall–Kier alpha value is -1.26. The van der Waals surface area contributed by atoms with Crippen molar-refractivity contribution in [1.82, 2.24) is 0 Å². The quantitative estimate of drug-likeness (QED) is 0.613. The lowest BCUT2D eigenvalue weighted by atomic mass is 9.90. The van der Waals surface area contributed by atoms with Crippen LogP contribution in [0.15, 0.2) is 42.6 Å². The molecule has 0 N–H and O–H groups in total. The maximum atomic E-state index is 5.83. The summed E-state index contributed by atoms with van der Waals surface area (Å²) in [6.07, 6.45) is 1.65. The smallest absolute Gasteiger partial charge is 0.490 e. The molecule has 1 fully saturated rings. The molecule has 3 nitrogen and oxygen atoms in total. The average Bonchev–Trinajstić information content (AvgIpc) is 2.55. The van der Waals surface area contributed by atoms with Crippen molar-refractivity contribution in [3.05, 3.63) is 48.1 Å². The molecule has 0 saturated carbocycles. The van der Waals surface area contributed by atoms with Crippen LogP contribution in [0.1, 0.15) is 33.3 Å². The summed E-state index contributed by atoms with van der Waals surface area (Å²) >= 11 is 0. The first-order chi connectivity index (χ1) is 8.91. The maximum absolute atomic E-state index is 5.83. The zero-order valence-electron chi connectivity index (χ0n) is 12.1. The van der Waals surface area contributed by atoms with Crippen molar-refractivity contribution in [1.29, 1.82) is 0 Å². The summed E-state index contributed by atoms with van der Waals surface area (Å²) in [6.45, 7) is 8.69. The fourth-order valence-corrected chi connectivity index (χ4v) is 1.81. The summed E-state index contributed by atoms with van der Waals surface area (Å²) in [5.74, 6) is 1.81. The summed E-state index contributed by atoms with van der Waals surface area (Å²) in [5.41, 5.74) is 0.532. The van der Waals surface area contributed by atoms with E-state index in [0.29, 0.717) is 6.61 Å². The monoisotopic (exact) mass is 260 g/mol. The molecule has 1 aromatic rings. The van der Waals surface area contributed by atoms with Gasteiger partial charge < -0.3 is 14.0 Å². The van der Waals surface area contributed by atoms with E-state index in [1.807, 2.05) is 58.0 Å². The summed E-state index contributed by atoms with van der Waals surface area (Å²) in [5, 5.41) is 0. The van der Waals surface area contributed by atoms with Crippen LogP contribution < -0.4 is 0 Å². The van der Waals surface area contributed by atoms with Crippen LogP contribution in [0, 0.1) is 0 Å². The van der Waals surface area contributed by atoms with Crippen molar-refractivity contribution in [2.45, 2.75) is 45.5 Å². The van der Waals surface area contributed by atoms with Gasteiger partial charge in [-0.3, -0.25) is 0 Å². The van der Waals surface area contributed by atoms with Crippen LogP contribution >= 0.6 is 0 Å². The predicted octanol–water partition coefficient (Wildman–Crippen LogP) is 3.35. The van der Waals surface area contributed by atoms with Crippen LogP contribution in [-0.2, 0) is 20.7 Å². The zero-order valence-corrected chi connectivity index (χ0v) is 12.1. The molecule has 1 saturated heterocycles. The fourth-order valence-electron chi connectivity index (χ4n) is 1.81. The second kappa shape index (κ2) is 5.39. The molecule has 1 heterocycles. The standard InChI is InChI=1S/C15H21BO3/c1-14(2)15(3,4)19-16(18-14)10-11-17-12-13-8-6-5-7-9-13/h5-11H,12H2,1-4H3/b11-10+. The van der Waals surface area contributed by atoms with Gasteiger partial charge in [0.2, 0.25) is 0 Å². The highest BCUT2D eigenvalue weighted by Gasteiger charge is 2.50. The summed E-state index contributed by atoms with van der Waals surface area (Å²) in [6, 6.07) is 10.0. The summed E-state index contributed by atoms with van der Waals surface area (Å²) in [4.78, 5) is 0. The number of benzene rings is 1. The lowest BCUT2D eigenvalue weighted by Crippen LogP contribution is -2.41. The molecular weight excluding hydrogens is 239 g/mol. The topological polar surface area (TPSA) is 27.7 Å². The Labute approximate surface area is 115 Å². The van der Waals surface area contributed by atoms with Crippen LogP contribution in [0.3, 0.4) is 0 Å². The molecule has 19 heavy (non-hydrogen) atoms. The van der Waals surface area contributed by atoms with Gasteiger partial charge in [0.1, 0.15) is 6.61 Å². The van der Waals surface area contributed by atoms with Crippen LogP contribution in [0.5, 0.6) is 0 Å². The number of hydrogen-bond donors (Lipinski definition) is 0. The maximum Gasteiger partial charge on any atom is 0.490 e. The molecule has 0 aromatic heterocycles. The van der Waals surface area contributed by atoms with Gasteiger partial charge in [0.25, 0.3) is 0 Å². The minimum Gasteiger partial charge on any atom is -0.497 e. The van der Waals surface area contributed by atoms with Gasteiger partial charge in [0.15, 0.2) is 0 Å². The predicted molar refractivity (Wildman–Crippen MR) is 76.5 cm³/mol. The van der Waals surface area contributed by atoms with Gasteiger partial charge in [0.05, 0.1) is 17.5 Å². The molecule has 1 aromatic carbocycles. The first kappa shape index (κ1) is 14.2. The van der Waals surface area contributed by atoms with Gasteiger partial charge in [-0.15, -0.1) is 0 Å². The third-order valence-corrected chi connectivity index (χ3v) is 3.70. The van der Waals surface area contributed by atoms with E-state index in [0.717, 1.165) is 5.56 Å². The highest BCUT2D eigenvalue weighted by molar-refractivity contribution is 6.51. The Bertz CT molecular complexity index is 424. The largest absolute Gasteiger partial charge is 0.497 e. The van der Waals surface area contributed by atoms with Gasteiger partial charge in [-0.25, -0.2) is 0 Å². The Morgan fingerprint density at radius 1 is 1.05 bits per heavy atom. The second-order valence-corrected chi connectivity index (χ2v) is 5.75. The van der Waals surface area contributed by atoms with Gasteiger partial charge >= 0.3 is 7.12 Å². The SMILES string of the molecule is CC1(C)OB(/C=C/OCc2ccccc2)OC1(C)C. The lowest BCUT2D eigenvalue weighted by molar-refractivity contribution is 0.00578. The highest BCUT2D eigenvalue weighted by atomic mass is 16.7. The van der Waals surface area contributed by atoms with E-state index in [2.05, 4.69) is 0 Å². The van der Waals surface area contributed by atoms with Crippen molar-refractivity contribution in [2.75, 3.05) is 0 Å². The minimum atomic E-state index is -0.347. The van der Waals surface area contributed by atoms with Crippen molar-refractivity contribution in [3.8, 4) is 0 Å². The Balaban J connectivity index is 1.82. The number of rotatable bonds is 4. The number of hydrogen-bond acceptors (Lipinski definition) is 3. The van der Waals surface area contributed by atoms with Gasteiger partial charge in [-0.05, 0) is 39.2 Å².